The molecule has 4 heteroatoms. The number of para-hydroxylation sites is 1. The number of benzene rings is 8. The van der Waals surface area contributed by atoms with Gasteiger partial charge in [-0.3, -0.25) is 0 Å². The van der Waals surface area contributed by atoms with Crippen LogP contribution in [0.25, 0.3) is 119 Å². The van der Waals surface area contributed by atoms with Crippen molar-refractivity contribution in [3.63, 3.8) is 0 Å². The summed E-state index contributed by atoms with van der Waals surface area (Å²) in [7, 11) is 0. The quantitative estimate of drug-likeness (QED) is 0.169. The number of thiophene rings is 1. The van der Waals surface area contributed by atoms with Crippen molar-refractivity contribution in [3.8, 4) is 44.9 Å². The summed E-state index contributed by atoms with van der Waals surface area (Å²) in [5, 5.41) is 10.8. The molecule has 0 aliphatic rings. The van der Waals surface area contributed by atoms with E-state index in [-0.39, 0.29) is 0 Å². The van der Waals surface area contributed by atoms with Crippen molar-refractivity contribution in [1.29, 1.82) is 0 Å². The fourth-order valence-corrected chi connectivity index (χ4v) is 9.81. The highest BCUT2D eigenvalue weighted by Crippen LogP contribution is 2.43. The molecule has 0 aliphatic heterocycles. The zero-order valence-corrected chi connectivity index (χ0v) is 31.5. The standard InChI is InChI=1S/C53H31N3S/c1-2-8-34(9-3-1)45-28-24-36-20-21-37-25-29-46(55-52(37)51(36)54-45)39-23-17-33-16-22-38(30-40(33)31-39)32-14-18-35(19-15-32)50-44-27-26-42-41-10-5-7-13-48(41)57-53(42)49(44)43-11-4-6-12-47(43)56-50/h1-31H. The molecule has 0 radical (unpaired) electrons. The lowest BCUT2D eigenvalue weighted by molar-refractivity contribution is 1.37. The summed E-state index contributed by atoms with van der Waals surface area (Å²) in [4.78, 5) is 15.6. The first-order valence-corrected chi connectivity index (χ1v) is 20.1. The monoisotopic (exact) mass is 741 g/mol. The fraction of sp³-hybridized carbons (Fsp3) is 0. The molecular weight excluding hydrogens is 711 g/mol. The number of pyridine rings is 3. The molecule has 0 saturated carbocycles. The molecule has 57 heavy (non-hydrogen) atoms. The Hall–Kier alpha value is -7.27. The van der Waals surface area contributed by atoms with E-state index in [2.05, 4.69) is 182 Å². The van der Waals surface area contributed by atoms with Crippen molar-refractivity contribution in [3.05, 3.63) is 188 Å². The van der Waals surface area contributed by atoms with Gasteiger partial charge in [0, 0.05) is 63.8 Å². The summed E-state index contributed by atoms with van der Waals surface area (Å²) in [5.74, 6) is 0. The van der Waals surface area contributed by atoms with Gasteiger partial charge in [0.2, 0.25) is 0 Å². The van der Waals surface area contributed by atoms with E-state index in [0.717, 1.165) is 61.1 Å². The van der Waals surface area contributed by atoms with E-state index in [4.69, 9.17) is 15.0 Å². The fourth-order valence-electron chi connectivity index (χ4n) is 8.54. The highest BCUT2D eigenvalue weighted by atomic mass is 32.1. The third-order valence-corrected chi connectivity index (χ3v) is 12.6. The molecule has 0 atom stereocenters. The predicted octanol–water partition coefficient (Wildman–Crippen LogP) is 14.7. The van der Waals surface area contributed by atoms with Crippen molar-refractivity contribution in [2.45, 2.75) is 0 Å². The molecule has 4 aromatic heterocycles. The molecule has 8 aromatic carbocycles. The maximum Gasteiger partial charge on any atom is 0.0972 e. The van der Waals surface area contributed by atoms with Gasteiger partial charge in [0.1, 0.15) is 0 Å². The van der Waals surface area contributed by atoms with Crippen molar-refractivity contribution in [2.24, 2.45) is 0 Å². The average molecular weight is 742 g/mol. The molecule has 0 spiro atoms. The SMILES string of the molecule is c1ccc(-c2ccc3ccc4ccc(-c5ccc6ccc(-c7ccc(-c8nc9ccccc9c9c8ccc8c%10ccccc%10sc89)cc7)cc6c5)nc4c3n2)cc1. The van der Waals surface area contributed by atoms with Gasteiger partial charge in [-0.2, -0.15) is 0 Å². The molecule has 0 bridgehead atoms. The summed E-state index contributed by atoms with van der Waals surface area (Å²) in [6, 6.07) is 67.2. The maximum absolute atomic E-state index is 5.26. The van der Waals surface area contributed by atoms with Crippen LogP contribution >= 0.6 is 11.3 Å². The van der Waals surface area contributed by atoms with Crippen LogP contribution in [0.2, 0.25) is 0 Å². The molecule has 0 saturated heterocycles. The Bertz CT molecular complexity index is 3570. The Morgan fingerprint density at radius 3 is 1.70 bits per heavy atom. The van der Waals surface area contributed by atoms with Gasteiger partial charge in [0.05, 0.1) is 33.6 Å². The lowest BCUT2D eigenvalue weighted by Crippen LogP contribution is -1.91. The van der Waals surface area contributed by atoms with Gasteiger partial charge in [-0.25, -0.2) is 15.0 Å². The zero-order chi connectivity index (χ0) is 37.5. The lowest BCUT2D eigenvalue weighted by Gasteiger charge is -2.12. The van der Waals surface area contributed by atoms with Gasteiger partial charge < -0.3 is 0 Å². The zero-order valence-electron chi connectivity index (χ0n) is 30.6. The maximum atomic E-state index is 5.26. The summed E-state index contributed by atoms with van der Waals surface area (Å²) in [5.41, 5.74) is 11.4. The molecular formula is C53H31N3S. The summed E-state index contributed by atoms with van der Waals surface area (Å²) in [6.45, 7) is 0. The first-order chi connectivity index (χ1) is 28.2. The summed E-state index contributed by atoms with van der Waals surface area (Å²) < 4.78 is 2.63. The lowest BCUT2D eigenvalue weighted by atomic mass is 9.95. The van der Waals surface area contributed by atoms with Crippen molar-refractivity contribution >= 4 is 85.8 Å². The van der Waals surface area contributed by atoms with E-state index in [9.17, 15) is 0 Å². The number of aromatic nitrogens is 3. The second kappa shape index (κ2) is 12.6. The highest BCUT2D eigenvalue weighted by molar-refractivity contribution is 7.26. The summed E-state index contributed by atoms with van der Waals surface area (Å²) >= 11 is 1.88. The normalized spacial score (nSPS) is 11.9. The van der Waals surface area contributed by atoms with Crippen LogP contribution in [0.1, 0.15) is 0 Å². The van der Waals surface area contributed by atoms with E-state index in [1.807, 2.05) is 17.4 Å². The van der Waals surface area contributed by atoms with Crippen molar-refractivity contribution in [1.82, 2.24) is 15.0 Å². The van der Waals surface area contributed by atoms with E-state index in [1.54, 1.807) is 0 Å². The van der Waals surface area contributed by atoms with Crippen LogP contribution in [0.3, 0.4) is 0 Å². The van der Waals surface area contributed by atoms with Crippen LogP contribution < -0.4 is 0 Å². The molecule has 12 aromatic rings. The smallest absolute Gasteiger partial charge is 0.0972 e. The molecule has 0 fully saturated rings. The number of nitrogens with zero attached hydrogens (tertiary/aromatic N) is 3. The predicted molar refractivity (Wildman–Crippen MR) is 242 cm³/mol. The molecule has 0 aliphatic carbocycles. The van der Waals surface area contributed by atoms with Gasteiger partial charge in [-0.15, -0.1) is 11.3 Å². The Labute approximate surface area is 332 Å². The molecule has 4 heterocycles. The topological polar surface area (TPSA) is 38.7 Å². The third-order valence-electron chi connectivity index (χ3n) is 11.4. The Kier molecular flexibility index (Phi) is 7.10. The first-order valence-electron chi connectivity index (χ1n) is 19.3. The van der Waals surface area contributed by atoms with Crippen LogP contribution in [-0.4, -0.2) is 15.0 Å². The van der Waals surface area contributed by atoms with Crippen molar-refractivity contribution < 1.29 is 0 Å². The van der Waals surface area contributed by atoms with E-state index < -0.39 is 0 Å². The Morgan fingerprint density at radius 1 is 0.333 bits per heavy atom. The third kappa shape index (κ3) is 5.22. The largest absolute Gasteiger partial charge is 0.247 e. The van der Waals surface area contributed by atoms with Crippen molar-refractivity contribution in [2.75, 3.05) is 0 Å². The van der Waals surface area contributed by atoms with E-state index in [0.29, 0.717) is 0 Å². The number of fused-ring (bicyclic) bond motifs is 11. The molecule has 264 valence electrons. The van der Waals surface area contributed by atoms with Crippen LogP contribution in [-0.2, 0) is 0 Å². The average Bonchev–Trinajstić information content (AvgIpc) is 3.67. The number of rotatable bonds is 4. The van der Waals surface area contributed by atoms with Crippen LogP contribution in [0, 0.1) is 0 Å². The molecule has 12 rings (SSSR count). The second-order valence-electron chi connectivity index (χ2n) is 14.8. The minimum absolute atomic E-state index is 0.915. The van der Waals surface area contributed by atoms with E-state index in [1.165, 1.54) is 58.2 Å². The molecule has 0 amide bonds. The van der Waals surface area contributed by atoms with Crippen LogP contribution in [0.15, 0.2) is 188 Å². The number of hydrogen-bond acceptors (Lipinski definition) is 4. The van der Waals surface area contributed by atoms with Crippen LogP contribution in [0.4, 0.5) is 0 Å². The van der Waals surface area contributed by atoms with Gasteiger partial charge in [0.15, 0.2) is 0 Å². The Balaban J connectivity index is 0.925. The van der Waals surface area contributed by atoms with Gasteiger partial charge >= 0.3 is 0 Å². The van der Waals surface area contributed by atoms with Gasteiger partial charge in [-0.05, 0) is 58.3 Å². The molecule has 0 unspecified atom stereocenters. The molecule has 0 N–H and O–H groups in total. The molecule has 3 nitrogen and oxygen atoms in total. The first kappa shape index (κ1) is 32.0. The Morgan fingerprint density at radius 2 is 0.912 bits per heavy atom. The minimum atomic E-state index is 0.915. The summed E-state index contributed by atoms with van der Waals surface area (Å²) in [6.07, 6.45) is 0. The number of hydrogen-bond donors (Lipinski definition) is 0. The van der Waals surface area contributed by atoms with E-state index >= 15 is 0 Å². The van der Waals surface area contributed by atoms with Gasteiger partial charge in [-0.1, -0.05) is 152 Å². The van der Waals surface area contributed by atoms with Gasteiger partial charge in [0.25, 0.3) is 0 Å². The minimum Gasteiger partial charge on any atom is -0.247 e. The van der Waals surface area contributed by atoms with Crippen LogP contribution in [0.5, 0.6) is 0 Å². The second-order valence-corrected chi connectivity index (χ2v) is 15.8. The highest BCUT2D eigenvalue weighted by Gasteiger charge is 2.16.